The Morgan fingerprint density at radius 2 is 2.33 bits per heavy atom. The molecule has 2 aliphatic heterocycles. The van der Waals surface area contributed by atoms with Gasteiger partial charge in [0.25, 0.3) is 0 Å². The summed E-state index contributed by atoms with van der Waals surface area (Å²) >= 11 is 6.11. The second kappa shape index (κ2) is 4.34. The number of fused-ring (bicyclic) bond motifs is 2. The van der Waals surface area contributed by atoms with Crippen LogP contribution >= 0.6 is 11.6 Å². The van der Waals surface area contributed by atoms with E-state index in [0.717, 1.165) is 24.2 Å². The molecule has 2 saturated heterocycles. The fraction of sp³-hybridized carbons (Fsp3) is 0.500. The number of imidazole rings is 1. The van der Waals surface area contributed by atoms with Gasteiger partial charge in [0.2, 0.25) is 0 Å². The minimum atomic E-state index is -0.216. The number of aromatic nitrogens is 3. The van der Waals surface area contributed by atoms with E-state index in [-0.39, 0.29) is 17.6 Å². The average molecular weight is 307 g/mol. The molecule has 0 radical (unpaired) electrons. The fourth-order valence-corrected chi connectivity index (χ4v) is 3.58. The van der Waals surface area contributed by atoms with Gasteiger partial charge in [0.05, 0.1) is 12.2 Å². The number of nitrogens with zero attached hydrogens (tertiary/aromatic N) is 4. The topological polar surface area (TPSA) is 59.7 Å². The van der Waals surface area contributed by atoms with Crippen molar-refractivity contribution in [3.8, 4) is 0 Å². The van der Waals surface area contributed by atoms with Crippen LogP contribution in [0.2, 0.25) is 5.15 Å². The Morgan fingerprint density at radius 1 is 1.48 bits per heavy atom. The Hall–Kier alpha value is -1.82. The Bertz CT molecular complexity index is 731. The summed E-state index contributed by atoms with van der Waals surface area (Å²) in [6.07, 6.45) is 6.94. The van der Waals surface area contributed by atoms with Crippen LogP contribution in [0.4, 0.5) is 4.79 Å². The molecule has 110 valence electrons. The molecule has 0 aromatic carbocycles. The van der Waals surface area contributed by atoms with Gasteiger partial charge in [-0.3, -0.25) is 4.40 Å². The van der Waals surface area contributed by atoms with Crippen molar-refractivity contribution in [1.29, 1.82) is 0 Å². The minimum Gasteiger partial charge on any atom is -0.447 e. The molecule has 1 amide bonds. The summed E-state index contributed by atoms with van der Waals surface area (Å²) in [5, 5.41) is 0.439. The molecule has 4 rings (SSSR count). The first kappa shape index (κ1) is 12.9. The lowest BCUT2D eigenvalue weighted by atomic mass is 9.79. The summed E-state index contributed by atoms with van der Waals surface area (Å²) in [6, 6.07) is 0.210. The predicted molar refractivity (Wildman–Crippen MR) is 76.4 cm³/mol. The number of cyclic esters (lactones) is 1. The van der Waals surface area contributed by atoms with Crippen LogP contribution in [0.3, 0.4) is 0 Å². The van der Waals surface area contributed by atoms with E-state index < -0.39 is 0 Å². The van der Waals surface area contributed by atoms with Gasteiger partial charge in [-0.2, -0.15) is 0 Å². The van der Waals surface area contributed by atoms with Crippen LogP contribution in [0, 0.1) is 0 Å². The Balaban J connectivity index is 1.77. The van der Waals surface area contributed by atoms with E-state index in [9.17, 15) is 4.79 Å². The van der Waals surface area contributed by atoms with Gasteiger partial charge in [-0.05, 0) is 12.8 Å². The van der Waals surface area contributed by atoms with Crippen molar-refractivity contribution in [1.82, 2.24) is 19.3 Å². The first-order chi connectivity index (χ1) is 10.1. The van der Waals surface area contributed by atoms with E-state index in [2.05, 4.69) is 16.9 Å². The normalized spacial score (nSPS) is 28.8. The highest BCUT2D eigenvalue weighted by molar-refractivity contribution is 6.32. The zero-order valence-corrected chi connectivity index (χ0v) is 12.4. The summed E-state index contributed by atoms with van der Waals surface area (Å²) in [5.41, 5.74) is 0.582. The van der Waals surface area contributed by atoms with E-state index in [1.165, 1.54) is 0 Å². The van der Waals surface area contributed by atoms with Gasteiger partial charge in [-0.25, -0.2) is 14.8 Å². The number of amides is 1. The van der Waals surface area contributed by atoms with Gasteiger partial charge in [-0.15, -0.1) is 0 Å². The number of piperidine rings is 1. The lowest BCUT2D eigenvalue weighted by Gasteiger charge is -2.39. The van der Waals surface area contributed by atoms with Gasteiger partial charge < -0.3 is 9.64 Å². The highest BCUT2D eigenvalue weighted by atomic mass is 35.5. The summed E-state index contributed by atoms with van der Waals surface area (Å²) < 4.78 is 7.12. The monoisotopic (exact) mass is 306 g/mol. The Kier molecular flexibility index (Phi) is 2.66. The van der Waals surface area contributed by atoms with Crippen LogP contribution in [0.25, 0.3) is 5.52 Å². The molecule has 2 atom stereocenters. The standard InChI is InChI=1S/C14H15ClN4O2/c1-14(3-2-9-7-21-13(20)19(9)8-14)12-17-6-10-11(15)16-4-5-18(10)12/h4-6,9H,2-3,7-8H2,1H3/t9?,14-/m0/s1. The maximum atomic E-state index is 11.8. The molecular formula is C14H15ClN4O2. The van der Waals surface area contributed by atoms with Crippen LogP contribution < -0.4 is 0 Å². The highest BCUT2D eigenvalue weighted by Gasteiger charge is 2.45. The Labute approximate surface area is 126 Å². The Morgan fingerprint density at radius 3 is 3.19 bits per heavy atom. The molecule has 0 spiro atoms. The van der Waals surface area contributed by atoms with Gasteiger partial charge in [0.1, 0.15) is 17.9 Å². The SMILES string of the molecule is C[C@]1(c2ncc3c(Cl)nccn23)CCC2COC(=O)N2C1. The summed E-state index contributed by atoms with van der Waals surface area (Å²) in [7, 11) is 0. The molecule has 6 nitrogen and oxygen atoms in total. The largest absolute Gasteiger partial charge is 0.447 e. The zero-order valence-electron chi connectivity index (χ0n) is 11.6. The molecule has 21 heavy (non-hydrogen) atoms. The molecule has 7 heteroatoms. The first-order valence-corrected chi connectivity index (χ1v) is 7.38. The maximum absolute atomic E-state index is 11.8. The number of halogens is 1. The van der Waals surface area contributed by atoms with Crippen molar-refractivity contribution < 1.29 is 9.53 Å². The van der Waals surface area contributed by atoms with Crippen molar-refractivity contribution in [3.05, 3.63) is 29.6 Å². The molecule has 0 bridgehead atoms. The van der Waals surface area contributed by atoms with Crippen molar-refractivity contribution in [2.45, 2.75) is 31.2 Å². The van der Waals surface area contributed by atoms with E-state index in [4.69, 9.17) is 16.3 Å². The van der Waals surface area contributed by atoms with Gasteiger partial charge in [-0.1, -0.05) is 18.5 Å². The zero-order chi connectivity index (χ0) is 14.6. The molecular weight excluding hydrogens is 292 g/mol. The minimum absolute atomic E-state index is 0.210. The molecule has 0 N–H and O–H groups in total. The van der Waals surface area contributed by atoms with E-state index in [1.807, 2.05) is 15.5 Å². The lowest BCUT2D eigenvalue weighted by Crippen LogP contribution is -2.49. The van der Waals surface area contributed by atoms with Gasteiger partial charge in [0, 0.05) is 24.4 Å². The number of hydrogen-bond donors (Lipinski definition) is 0. The number of carbonyl (C=O) groups is 1. The number of ether oxygens (including phenoxy) is 1. The molecule has 0 aliphatic carbocycles. The van der Waals surface area contributed by atoms with Crippen LogP contribution in [-0.4, -0.2) is 44.6 Å². The van der Waals surface area contributed by atoms with Crippen molar-refractivity contribution >= 4 is 23.2 Å². The highest BCUT2D eigenvalue weighted by Crippen LogP contribution is 2.38. The quantitative estimate of drug-likeness (QED) is 0.811. The third-order valence-corrected chi connectivity index (χ3v) is 4.87. The second-order valence-corrected chi connectivity index (χ2v) is 6.37. The number of rotatable bonds is 1. The molecule has 0 saturated carbocycles. The van der Waals surface area contributed by atoms with E-state index in [1.54, 1.807) is 12.4 Å². The maximum Gasteiger partial charge on any atom is 0.410 e. The number of hydrogen-bond acceptors (Lipinski definition) is 4. The fourth-order valence-electron chi connectivity index (χ4n) is 3.39. The average Bonchev–Trinajstić information content (AvgIpc) is 3.05. The van der Waals surface area contributed by atoms with Crippen molar-refractivity contribution in [2.75, 3.05) is 13.2 Å². The smallest absolute Gasteiger partial charge is 0.410 e. The van der Waals surface area contributed by atoms with Gasteiger partial charge in [0.15, 0.2) is 5.15 Å². The molecule has 1 unspecified atom stereocenters. The lowest BCUT2D eigenvalue weighted by molar-refractivity contribution is 0.131. The third kappa shape index (κ3) is 1.82. The number of carbonyl (C=O) groups excluding carboxylic acids is 1. The van der Waals surface area contributed by atoms with Crippen LogP contribution in [0.1, 0.15) is 25.6 Å². The predicted octanol–water partition coefficient (Wildman–Crippen LogP) is 2.25. The van der Waals surface area contributed by atoms with Crippen LogP contribution in [0.5, 0.6) is 0 Å². The molecule has 2 aromatic rings. The van der Waals surface area contributed by atoms with Crippen LogP contribution in [-0.2, 0) is 10.2 Å². The van der Waals surface area contributed by atoms with Gasteiger partial charge >= 0.3 is 6.09 Å². The van der Waals surface area contributed by atoms with E-state index >= 15 is 0 Å². The van der Waals surface area contributed by atoms with E-state index in [0.29, 0.717) is 18.3 Å². The van der Waals surface area contributed by atoms with Crippen molar-refractivity contribution in [2.24, 2.45) is 0 Å². The first-order valence-electron chi connectivity index (χ1n) is 7.00. The summed E-state index contributed by atoms with van der Waals surface area (Å²) in [5.74, 6) is 0.917. The molecule has 2 fully saturated rings. The summed E-state index contributed by atoms with van der Waals surface area (Å²) in [6.45, 7) is 3.26. The third-order valence-electron chi connectivity index (χ3n) is 4.57. The molecule has 2 aliphatic rings. The summed E-state index contributed by atoms with van der Waals surface area (Å²) in [4.78, 5) is 22.3. The second-order valence-electron chi connectivity index (χ2n) is 6.01. The molecule has 4 heterocycles. The van der Waals surface area contributed by atoms with Crippen molar-refractivity contribution in [3.63, 3.8) is 0 Å². The van der Waals surface area contributed by atoms with Crippen LogP contribution in [0.15, 0.2) is 18.6 Å². The molecule has 2 aromatic heterocycles.